The first-order valence-corrected chi connectivity index (χ1v) is 8.79. The summed E-state index contributed by atoms with van der Waals surface area (Å²) in [5.41, 5.74) is 4.52. The average Bonchev–Trinajstić information content (AvgIpc) is 2.66. The quantitative estimate of drug-likeness (QED) is 0.624. The highest BCUT2D eigenvalue weighted by Crippen LogP contribution is 2.29. The van der Waals surface area contributed by atoms with Gasteiger partial charge in [0.05, 0.1) is 30.2 Å². The summed E-state index contributed by atoms with van der Waals surface area (Å²) in [5, 5.41) is 6.73. The smallest absolute Gasteiger partial charge is 0.257 e. The van der Waals surface area contributed by atoms with Gasteiger partial charge in [0.2, 0.25) is 0 Å². The van der Waals surface area contributed by atoms with Gasteiger partial charge in [0.1, 0.15) is 5.75 Å². The van der Waals surface area contributed by atoms with Gasteiger partial charge in [-0.05, 0) is 55.3 Å². The number of carbonyl (C=O) groups excluding carboxylic acids is 1. The van der Waals surface area contributed by atoms with Crippen LogP contribution in [0.25, 0.3) is 0 Å². The lowest BCUT2D eigenvalue weighted by Gasteiger charge is -2.13. The number of pyridine rings is 1. The minimum Gasteiger partial charge on any atom is -0.495 e. The van der Waals surface area contributed by atoms with E-state index in [9.17, 15) is 4.79 Å². The molecule has 1 aromatic heterocycles. The third-order valence-electron chi connectivity index (χ3n) is 4.15. The summed E-state index contributed by atoms with van der Waals surface area (Å²) in [6.45, 7) is 3.86. The fraction of sp³-hybridized carbons (Fsp3) is 0.143. The first-order chi connectivity index (χ1) is 13.0. The number of hydrogen-bond acceptors (Lipinski definition) is 4. The van der Waals surface area contributed by atoms with Crippen molar-refractivity contribution < 1.29 is 9.53 Å². The zero-order chi connectivity index (χ0) is 19.4. The van der Waals surface area contributed by atoms with Crippen LogP contribution in [-0.4, -0.2) is 18.0 Å². The summed E-state index contributed by atoms with van der Waals surface area (Å²) >= 11 is 6.11. The molecule has 2 aromatic carbocycles. The lowest BCUT2D eigenvalue weighted by molar-refractivity contribution is 0.102. The van der Waals surface area contributed by atoms with Crippen LogP contribution in [0.4, 0.5) is 17.1 Å². The Morgan fingerprint density at radius 2 is 1.89 bits per heavy atom. The molecule has 0 aliphatic rings. The Hall–Kier alpha value is -3.05. The van der Waals surface area contributed by atoms with Crippen LogP contribution < -0.4 is 15.4 Å². The third kappa shape index (κ3) is 4.38. The second-order valence-corrected chi connectivity index (χ2v) is 6.56. The molecule has 0 unspecified atom stereocenters. The van der Waals surface area contributed by atoms with Gasteiger partial charge in [0.15, 0.2) is 0 Å². The molecule has 138 valence electrons. The highest BCUT2D eigenvalue weighted by atomic mass is 35.5. The predicted octanol–water partition coefficient (Wildman–Crippen LogP) is 5.36. The minimum absolute atomic E-state index is 0.257. The number of hydrogen-bond donors (Lipinski definition) is 2. The molecule has 1 heterocycles. The van der Waals surface area contributed by atoms with Gasteiger partial charge < -0.3 is 15.4 Å². The Balaban J connectivity index is 1.82. The van der Waals surface area contributed by atoms with Crippen molar-refractivity contribution >= 4 is 34.6 Å². The fourth-order valence-corrected chi connectivity index (χ4v) is 2.82. The van der Waals surface area contributed by atoms with Crippen LogP contribution in [0.1, 0.15) is 21.5 Å². The lowest BCUT2D eigenvalue weighted by atomic mass is 10.1. The van der Waals surface area contributed by atoms with E-state index in [1.807, 2.05) is 38.1 Å². The van der Waals surface area contributed by atoms with Crippen LogP contribution in [-0.2, 0) is 0 Å². The zero-order valence-electron chi connectivity index (χ0n) is 15.3. The Morgan fingerprint density at radius 1 is 1.07 bits per heavy atom. The van der Waals surface area contributed by atoms with Crippen molar-refractivity contribution in [2.45, 2.75) is 13.8 Å². The van der Waals surface area contributed by atoms with Crippen LogP contribution in [0.3, 0.4) is 0 Å². The molecule has 27 heavy (non-hydrogen) atoms. The highest BCUT2D eigenvalue weighted by Gasteiger charge is 2.11. The fourth-order valence-electron chi connectivity index (χ4n) is 2.64. The number of halogens is 1. The Kier molecular flexibility index (Phi) is 5.62. The molecule has 6 heteroatoms. The number of anilines is 3. The number of ether oxygens (including phenoxy) is 1. The van der Waals surface area contributed by atoms with Gasteiger partial charge in [-0.1, -0.05) is 23.7 Å². The average molecular weight is 382 g/mol. The van der Waals surface area contributed by atoms with Crippen molar-refractivity contribution in [3.8, 4) is 5.75 Å². The van der Waals surface area contributed by atoms with Gasteiger partial charge in [-0.15, -0.1) is 0 Å². The van der Waals surface area contributed by atoms with Crippen molar-refractivity contribution in [1.29, 1.82) is 0 Å². The van der Waals surface area contributed by atoms with Gasteiger partial charge >= 0.3 is 0 Å². The van der Waals surface area contributed by atoms with Gasteiger partial charge in [-0.25, -0.2) is 0 Å². The summed E-state index contributed by atoms with van der Waals surface area (Å²) in [6, 6.07) is 13.0. The standard InChI is InChI=1S/C21H20ClN3O2/c1-13-7-8-20(27-3)19(9-13)24-16-10-15(11-23-12-16)21(26)25-18-6-4-5-17(22)14(18)2/h4-12,24H,1-3H3,(H,25,26). The van der Waals surface area contributed by atoms with Crippen LogP contribution in [0, 0.1) is 13.8 Å². The molecule has 2 N–H and O–H groups in total. The summed E-state index contributed by atoms with van der Waals surface area (Å²) in [7, 11) is 1.62. The molecule has 0 radical (unpaired) electrons. The van der Waals surface area contributed by atoms with Gasteiger partial charge in [-0.3, -0.25) is 9.78 Å². The third-order valence-corrected chi connectivity index (χ3v) is 4.56. The Bertz CT molecular complexity index is 989. The van der Waals surface area contributed by atoms with Gasteiger partial charge in [-0.2, -0.15) is 0 Å². The molecule has 0 atom stereocenters. The van der Waals surface area contributed by atoms with E-state index in [1.165, 1.54) is 6.20 Å². The number of benzene rings is 2. The molecule has 1 amide bonds. The lowest BCUT2D eigenvalue weighted by Crippen LogP contribution is -2.13. The van der Waals surface area contributed by atoms with Crippen molar-refractivity contribution in [3.63, 3.8) is 0 Å². The number of aryl methyl sites for hydroxylation is 1. The van der Waals surface area contributed by atoms with Crippen LogP contribution >= 0.6 is 11.6 Å². The molecular formula is C21H20ClN3O2. The second kappa shape index (κ2) is 8.10. The summed E-state index contributed by atoms with van der Waals surface area (Å²) in [5.74, 6) is 0.456. The molecule has 0 spiro atoms. The summed E-state index contributed by atoms with van der Waals surface area (Å²) < 4.78 is 5.38. The van der Waals surface area contributed by atoms with E-state index in [2.05, 4.69) is 15.6 Å². The largest absolute Gasteiger partial charge is 0.495 e. The first kappa shape index (κ1) is 18.7. The van der Waals surface area contributed by atoms with Crippen LogP contribution in [0.5, 0.6) is 5.75 Å². The van der Waals surface area contributed by atoms with Crippen molar-refractivity contribution in [1.82, 2.24) is 4.98 Å². The maximum absolute atomic E-state index is 12.6. The Morgan fingerprint density at radius 3 is 2.67 bits per heavy atom. The van der Waals surface area contributed by atoms with E-state index < -0.39 is 0 Å². The normalized spacial score (nSPS) is 10.4. The molecular weight excluding hydrogens is 362 g/mol. The number of rotatable bonds is 5. The summed E-state index contributed by atoms with van der Waals surface area (Å²) in [6.07, 6.45) is 3.18. The Labute approximate surface area is 163 Å². The number of nitrogens with zero attached hydrogens (tertiary/aromatic N) is 1. The number of nitrogens with one attached hydrogen (secondary N) is 2. The molecule has 3 aromatic rings. The topological polar surface area (TPSA) is 63.2 Å². The van der Waals surface area contributed by atoms with Gasteiger partial charge in [0.25, 0.3) is 5.91 Å². The second-order valence-electron chi connectivity index (χ2n) is 6.16. The maximum atomic E-state index is 12.6. The highest BCUT2D eigenvalue weighted by molar-refractivity contribution is 6.31. The summed E-state index contributed by atoms with van der Waals surface area (Å²) in [4.78, 5) is 16.8. The zero-order valence-corrected chi connectivity index (χ0v) is 16.1. The molecule has 0 aliphatic heterocycles. The number of carbonyl (C=O) groups is 1. The van der Waals surface area contributed by atoms with E-state index in [-0.39, 0.29) is 5.91 Å². The molecule has 0 saturated carbocycles. The monoisotopic (exact) mass is 381 g/mol. The van der Waals surface area contributed by atoms with Crippen LogP contribution in [0.2, 0.25) is 5.02 Å². The number of methoxy groups -OCH3 is 1. The van der Waals surface area contributed by atoms with E-state index >= 15 is 0 Å². The van der Waals surface area contributed by atoms with Crippen molar-refractivity contribution in [2.24, 2.45) is 0 Å². The molecule has 0 aliphatic carbocycles. The minimum atomic E-state index is -0.257. The maximum Gasteiger partial charge on any atom is 0.257 e. The van der Waals surface area contributed by atoms with Gasteiger partial charge in [0, 0.05) is 16.9 Å². The van der Waals surface area contributed by atoms with E-state index in [0.717, 1.165) is 16.8 Å². The molecule has 0 bridgehead atoms. The number of amides is 1. The molecule has 0 fully saturated rings. The first-order valence-electron chi connectivity index (χ1n) is 8.41. The SMILES string of the molecule is COc1ccc(C)cc1Nc1cncc(C(=O)Nc2cccc(Cl)c2C)c1. The number of aromatic nitrogens is 1. The van der Waals surface area contributed by atoms with Crippen molar-refractivity contribution in [2.75, 3.05) is 17.7 Å². The van der Waals surface area contributed by atoms with Crippen LogP contribution in [0.15, 0.2) is 54.9 Å². The van der Waals surface area contributed by atoms with E-state index in [4.69, 9.17) is 16.3 Å². The van der Waals surface area contributed by atoms with Crippen molar-refractivity contribution in [3.05, 3.63) is 76.6 Å². The molecule has 5 nitrogen and oxygen atoms in total. The molecule has 0 saturated heterocycles. The van der Waals surface area contributed by atoms with E-state index in [1.54, 1.807) is 31.5 Å². The predicted molar refractivity (Wildman–Crippen MR) is 109 cm³/mol. The molecule has 3 rings (SSSR count). The van der Waals surface area contributed by atoms with E-state index in [0.29, 0.717) is 27.7 Å².